The molecule has 4 N–H and O–H groups in total. The van der Waals surface area contributed by atoms with Crippen molar-refractivity contribution in [1.29, 1.82) is 0 Å². The summed E-state index contributed by atoms with van der Waals surface area (Å²) in [4.78, 5) is 25.0. The van der Waals surface area contributed by atoms with E-state index in [2.05, 4.69) is 25.6 Å². The van der Waals surface area contributed by atoms with Gasteiger partial charge in [0.25, 0.3) is 0 Å². The Balaban J connectivity index is 0.00000166. The molecule has 0 bridgehead atoms. The summed E-state index contributed by atoms with van der Waals surface area (Å²) in [5.74, 6) is 1.40. The predicted octanol–water partition coefficient (Wildman–Crippen LogP) is 4.27. The number of nitrogens with zero attached hydrogens (tertiary/aromatic N) is 4. The van der Waals surface area contributed by atoms with E-state index in [0.29, 0.717) is 41.5 Å². The number of rotatable bonds is 9. The van der Waals surface area contributed by atoms with E-state index < -0.39 is 11.9 Å². The predicted molar refractivity (Wildman–Crippen MR) is 125 cm³/mol. The van der Waals surface area contributed by atoms with Gasteiger partial charge in [0.1, 0.15) is 24.0 Å². The van der Waals surface area contributed by atoms with Crippen LogP contribution in [-0.2, 0) is 11.3 Å². The van der Waals surface area contributed by atoms with Gasteiger partial charge in [0.2, 0.25) is 11.9 Å². The van der Waals surface area contributed by atoms with E-state index in [4.69, 9.17) is 17.3 Å². The van der Waals surface area contributed by atoms with Gasteiger partial charge < -0.3 is 16.4 Å². The fraction of sp³-hybridized carbons (Fsp3) is 0.364. The third-order valence-corrected chi connectivity index (χ3v) is 4.43. The lowest BCUT2D eigenvalue weighted by molar-refractivity contribution is -0.119. The molecule has 8 nitrogen and oxygen atoms in total. The molecule has 1 atom stereocenters. The summed E-state index contributed by atoms with van der Waals surface area (Å²) in [5.41, 5.74) is 6.56. The van der Waals surface area contributed by atoms with Crippen LogP contribution in [0.3, 0.4) is 0 Å². The summed E-state index contributed by atoms with van der Waals surface area (Å²) in [6, 6.07) is 8.77. The molecule has 3 rings (SSSR count). The van der Waals surface area contributed by atoms with Crippen LogP contribution in [0.2, 0.25) is 5.02 Å². The molecule has 2 heterocycles. The molecule has 0 radical (unpaired) electrons. The largest absolute Gasteiger partial charge is 0.368 e. The topological polar surface area (TPSA) is 111 Å². The Morgan fingerprint density at radius 1 is 1.23 bits per heavy atom. The Hall–Kier alpha value is -3.13. The Labute approximate surface area is 188 Å². The lowest BCUT2D eigenvalue weighted by Gasteiger charge is -2.19. The molecule has 31 heavy (non-hydrogen) atoms. The van der Waals surface area contributed by atoms with Crippen LogP contribution < -0.4 is 16.4 Å². The van der Waals surface area contributed by atoms with Gasteiger partial charge in [-0.25, -0.2) is 4.98 Å². The van der Waals surface area contributed by atoms with E-state index in [0.717, 1.165) is 5.56 Å². The average Bonchev–Trinajstić information content (AvgIpc) is 3.28. The molecular weight excluding hydrogens is 414 g/mol. The number of imidazole rings is 1. The van der Waals surface area contributed by atoms with Crippen LogP contribution in [-0.4, -0.2) is 31.5 Å². The third kappa shape index (κ3) is 7.57. The monoisotopic (exact) mass is 443 g/mol. The summed E-state index contributed by atoms with van der Waals surface area (Å²) < 4.78 is 1.76. The lowest BCUT2D eigenvalue weighted by atomic mass is 10.0. The number of halogens is 1. The van der Waals surface area contributed by atoms with Gasteiger partial charge in [-0.2, -0.15) is 9.97 Å². The van der Waals surface area contributed by atoms with E-state index in [-0.39, 0.29) is 0 Å². The minimum absolute atomic E-state index is 0.301. The van der Waals surface area contributed by atoms with E-state index >= 15 is 0 Å². The molecule has 0 saturated carbocycles. The first-order valence-electron chi connectivity index (χ1n) is 10.3. The summed E-state index contributed by atoms with van der Waals surface area (Å²) in [6.45, 7) is 8.57. The number of carbonyl (C=O) groups excluding carboxylic acids is 1. The minimum Gasteiger partial charge on any atom is -0.368 e. The van der Waals surface area contributed by atoms with Gasteiger partial charge in [-0.15, -0.1) is 0 Å². The van der Waals surface area contributed by atoms with Crippen molar-refractivity contribution in [2.45, 2.75) is 46.7 Å². The highest BCUT2D eigenvalue weighted by atomic mass is 35.5. The van der Waals surface area contributed by atoms with Crippen LogP contribution in [0.25, 0.3) is 5.82 Å². The number of benzene rings is 1. The average molecular weight is 444 g/mol. The van der Waals surface area contributed by atoms with Crippen molar-refractivity contribution < 1.29 is 4.79 Å². The number of amides is 1. The maximum absolute atomic E-state index is 11.9. The van der Waals surface area contributed by atoms with Gasteiger partial charge in [0.15, 0.2) is 0 Å². The lowest BCUT2D eigenvalue weighted by Crippen LogP contribution is -2.36. The molecule has 166 valence electrons. The summed E-state index contributed by atoms with van der Waals surface area (Å²) in [7, 11) is 0. The normalized spacial score (nSPS) is 11.4. The molecule has 9 heteroatoms. The van der Waals surface area contributed by atoms with E-state index in [1.807, 2.05) is 52.0 Å². The highest BCUT2D eigenvalue weighted by Crippen LogP contribution is 2.18. The first-order valence-corrected chi connectivity index (χ1v) is 10.7. The van der Waals surface area contributed by atoms with Crippen molar-refractivity contribution in [3.05, 3.63) is 59.6 Å². The number of primary amides is 1. The molecule has 3 aromatic rings. The molecule has 0 unspecified atom stereocenters. The number of hydrogen-bond acceptors (Lipinski definition) is 6. The second-order valence-corrected chi connectivity index (χ2v) is 7.55. The van der Waals surface area contributed by atoms with E-state index in [1.54, 1.807) is 29.4 Å². The van der Waals surface area contributed by atoms with Crippen molar-refractivity contribution in [3.63, 3.8) is 0 Å². The maximum Gasteiger partial charge on any atom is 0.239 e. The first kappa shape index (κ1) is 24.1. The Morgan fingerprint density at radius 3 is 2.61 bits per heavy atom. The van der Waals surface area contributed by atoms with Gasteiger partial charge in [0.05, 0.1) is 0 Å². The van der Waals surface area contributed by atoms with Crippen molar-refractivity contribution in [1.82, 2.24) is 19.5 Å². The van der Waals surface area contributed by atoms with Gasteiger partial charge in [-0.3, -0.25) is 9.36 Å². The second-order valence-electron chi connectivity index (χ2n) is 7.12. The minimum atomic E-state index is -0.527. The highest BCUT2D eigenvalue weighted by molar-refractivity contribution is 6.30. The van der Waals surface area contributed by atoms with Crippen LogP contribution in [0, 0.1) is 5.92 Å². The van der Waals surface area contributed by atoms with Crippen LogP contribution >= 0.6 is 11.6 Å². The molecule has 0 aliphatic carbocycles. The summed E-state index contributed by atoms with van der Waals surface area (Å²) >= 11 is 6.05. The van der Waals surface area contributed by atoms with Crippen LogP contribution in [0.15, 0.2) is 49.1 Å². The van der Waals surface area contributed by atoms with Crippen LogP contribution in [0.4, 0.5) is 11.8 Å². The van der Waals surface area contributed by atoms with Crippen molar-refractivity contribution >= 4 is 29.3 Å². The molecule has 0 saturated heterocycles. The quantitative estimate of drug-likeness (QED) is 0.455. The molecule has 1 amide bonds. The van der Waals surface area contributed by atoms with Gasteiger partial charge in [0, 0.05) is 30.0 Å². The van der Waals surface area contributed by atoms with E-state index in [1.165, 1.54) is 0 Å². The SMILES string of the molecule is CC.CC(C)C[C@@H](Nc1cc(-n2ccnc2)nc(NCc2cccc(Cl)c2)n1)C(N)=O. The number of anilines is 2. The summed E-state index contributed by atoms with van der Waals surface area (Å²) in [5, 5.41) is 7.01. The zero-order valence-electron chi connectivity index (χ0n) is 18.3. The van der Waals surface area contributed by atoms with E-state index in [9.17, 15) is 4.79 Å². The Morgan fingerprint density at radius 2 is 2.00 bits per heavy atom. The van der Waals surface area contributed by atoms with Crippen molar-refractivity contribution in [2.24, 2.45) is 11.7 Å². The summed E-state index contributed by atoms with van der Waals surface area (Å²) in [6.07, 6.45) is 5.70. The maximum atomic E-state index is 11.9. The molecule has 1 aromatic carbocycles. The number of aromatic nitrogens is 4. The van der Waals surface area contributed by atoms with Gasteiger partial charge in [-0.05, 0) is 30.0 Å². The standard InChI is InChI=1S/C20H24ClN7O.C2H6/c1-13(2)8-16(19(22)29)25-17-10-18(28-7-6-23-12-28)27-20(26-17)24-11-14-4-3-5-15(21)9-14;1-2/h3-7,9-10,12-13,16H,8,11H2,1-2H3,(H2,22,29)(H2,24,25,26,27);1-2H3/t16-;/m1./s1. The fourth-order valence-electron chi connectivity index (χ4n) is 2.84. The first-order chi connectivity index (χ1) is 14.9. The van der Waals surface area contributed by atoms with Gasteiger partial charge >= 0.3 is 0 Å². The molecule has 0 fully saturated rings. The number of hydrogen-bond donors (Lipinski definition) is 3. The number of nitrogens with two attached hydrogens (primary N) is 1. The van der Waals surface area contributed by atoms with Crippen LogP contribution in [0.5, 0.6) is 0 Å². The molecule has 2 aromatic heterocycles. The third-order valence-electron chi connectivity index (χ3n) is 4.19. The fourth-order valence-corrected chi connectivity index (χ4v) is 3.05. The zero-order valence-corrected chi connectivity index (χ0v) is 19.1. The number of nitrogens with one attached hydrogen (secondary N) is 2. The molecule has 0 aliphatic heterocycles. The van der Waals surface area contributed by atoms with Gasteiger partial charge in [-0.1, -0.05) is 51.4 Å². The molecule has 0 spiro atoms. The molecular formula is C22H30ClN7O. The van der Waals surface area contributed by atoms with Crippen molar-refractivity contribution in [3.8, 4) is 5.82 Å². The highest BCUT2D eigenvalue weighted by Gasteiger charge is 2.18. The number of carbonyl (C=O) groups is 1. The van der Waals surface area contributed by atoms with Crippen LogP contribution in [0.1, 0.15) is 39.7 Å². The smallest absolute Gasteiger partial charge is 0.239 e. The Bertz CT molecular complexity index is 960. The Kier molecular flexibility index (Phi) is 9.27. The molecule has 0 aliphatic rings. The zero-order chi connectivity index (χ0) is 22.8. The van der Waals surface area contributed by atoms with Crippen molar-refractivity contribution in [2.75, 3.05) is 10.6 Å². The second kappa shape index (κ2) is 11.9.